The van der Waals surface area contributed by atoms with Crippen LogP contribution in [0.3, 0.4) is 0 Å². The Morgan fingerprint density at radius 3 is 2.22 bits per heavy atom. The summed E-state index contributed by atoms with van der Waals surface area (Å²) in [7, 11) is 0. The van der Waals surface area contributed by atoms with Gasteiger partial charge >= 0.3 is 18.2 Å². The molecule has 0 aromatic rings. The number of nitrogens with zero attached hydrogens (tertiary/aromatic N) is 1. The Kier molecular flexibility index (Phi) is 6.50. The molecule has 106 valence electrons. The first kappa shape index (κ1) is 16.5. The quantitative estimate of drug-likeness (QED) is 0.773. The molecule has 0 spiro atoms. The van der Waals surface area contributed by atoms with Crippen molar-refractivity contribution in [3.8, 4) is 0 Å². The van der Waals surface area contributed by atoms with Gasteiger partial charge in [-0.25, -0.2) is 9.59 Å². The zero-order valence-electron chi connectivity index (χ0n) is 10.3. The topological polar surface area (TPSA) is 69.6 Å². The van der Waals surface area contributed by atoms with Gasteiger partial charge in [0.2, 0.25) is 0 Å². The van der Waals surface area contributed by atoms with Crippen molar-refractivity contribution < 1.29 is 27.9 Å². The summed E-state index contributed by atoms with van der Waals surface area (Å²) in [6, 6.07) is -2.19. The highest BCUT2D eigenvalue weighted by atomic mass is 19.4. The average molecular weight is 270 g/mol. The molecule has 0 aliphatic heterocycles. The van der Waals surface area contributed by atoms with E-state index in [-0.39, 0.29) is 13.0 Å². The third kappa shape index (κ3) is 6.31. The normalized spacial score (nSPS) is 12.9. The lowest BCUT2D eigenvalue weighted by Crippen LogP contribution is -2.50. The number of hydrogen-bond acceptors (Lipinski definition) is 2. The van der Waals surface area contributed by atoms with Gasteiger partial charge in [-0.05, 0) is 12.8 Å². The maximum Gasteiger partial charge on any atom is 0.406 e. The molecule has 2 N–H and O–H groups in total. The molecule has 0 bridgehead atoms. The second-order valence-corrected chi connectivity index (χ2v) is 3.79. The van der Waals surface area contributed by atoms with Gasteiger partial charge in [-0.15, -0.1) is 0 Å². The van der Waals surface area contributed by atoms with Crippen molar-refractivity contribution in [2.45, 2.75) is 38.9 Å². The number of nitrogens with one attached hydrogen (secondary N) is 1. The fourth-order valence-electron chi connectivity index (χ4n) is 1.32. The van der Waals surface area contributed by atoms with E-state index in [9.17, 15) is 22.8 Å². The highest BCUT2D eigenvalue weighted by Gasteiger charge is 2.33. The number of carbonyl (C=O) groups excluding carboxylic acids is 1. The van der Waals surface area contributed by atoms with Crippen molar-refractivity contribution >= 4 is 12.0 Å². The molecule has 0 aromatic heterocycles. The minimum Gasteiger partial charge on any atom is -0.480 e. The number of alkyl halides is 3. The third-order valence-electron chi connectivity index (χ3n) is 2.15. The minimum atomic E-state index is -4.50. The van der Waals surface area contributed by atoms with Gasteiger partial charge in [0.1, 0.15) is 12.6 Å². The monoisotopic (exact) mass is 270 g/mol. The molecule has 8 heteroatoms. The largest absolute Gasteiger partial charge is 0.480 e. The van der Waals surface area contributed by atoms with E-state index in [1.54, 1.807) is 6.92 Å². The van der Waals surface area contributed by atoms with Crippen LogP contribution in [0.25, 0.3) is 0 Å². The predicted octanol–water partition coefficient (Wildman–Crippen LogP) is 1.83. The highest BCUT2D eigenvalue weighted by molar-refractivity contribution is 5.82. The summed E-state index contributed by atoms with van der Waals surface area (Å²) in [6.07, 6.45) is -4.04. The lowest BCUT2D eigenvalue weighted by atomic mass is 10.2. The smallest absolute Gasteiger partial charge is 0.406 e. The number of aliphatic carboxylic acids is 1. The molecule has 0 aliphatic rings. The summed E-state index contributed by atoms with van der Waals surface area (Å²) in [4.78, 5) is 22.8. The summed E-state index contributed by atoms with van der Waals surface area (Å²) in [5.41, 5.74) is 0. The SMILES string of the molecule is CCCN(CC(F)(F)F)C(=O)N[C@@H](CC)C(=O)O. The number of rotatable bonds is 6. The number of carboxylic acids is 1. The number of hydrogen-bond donors (Lipinski definition) is 2. The van der Waals surface area contributed by atoms with Gasteiger partial charge < -0.3 is 15.3 Å². The minimum absolute atomic E-state index is 0.0819. The molecule has 0 fully saturated rings. The number of amides is 2. The van der Waals surface area contributed by atoms with Crippen LogP contribution in [-0.2, 0) is 4.79 Å². The van der Waals surface area contributed by atoms with E-state index in [1.165, 1.54) is 6.92 Å². The molecule has 0 rings (SSSR count). The van der Waals surface area contributed by atoms with Crippen LogP contribution in [0.5, 0.6) is 0 Å². The second kappa shape index (κ2) is 7.07. The van der Waals surface area contributed by atoms with Crippen LogP contribution in [0, 0.1) is 0 Å². The molecule has 0 saturated heterocycles. The van der Waals surface area contributed by atoms with E-state index in [1.807, 2.05) is 0 Å². The van der Waals surface area contributed by atoms with Crippen molar-refractivity contribution in [2.75, 3.05) is 13.1 Å². The van der Waals surface area contributed by atoms with Gasteiger partial charge in [-0.1, -0.05) is 13.8 Å². The van der Waals surface area contributed by atoms with Crippen molar-refractivity contribution in [1.82, 2.24) is 10.2 Å². The van der Waals surface area contributed by atoms with Crippen molar-refractivity contribution in [2.24, 2.45) is 0 Å². The fraction of sp³-hybridized carbons (Fsp3) is 0.800. The molecule has 0 unspecified atom stereocenters. The van der Waals surface area contributed by atoms with Crippen molar-refractivity contribution in [3.05, 3.63) is 0 Å². The van der Waals surface area contributed by atoms with Crippen LogP contribution in [0.15, 0.2) is 0 Å². The third-order valence-corrected chi connectivity index (χ3v) is 2.15. The zero-order chi connectivity index (χ0) is 14.3. The molecule has 1 atom stereocenters. The van der Waals surface area contributed by atoms with Crippen LogP contribution < -0.4 is 5.32 Å². The molecular formula is C10H17F3N2O3. The van der Waals surface area contributed by atoms with Crippen molar-refractivity contribution in [1.29, 1.82) is 0 Å². The lowest BCUT2D eigenvalue weighted by Gasteiger charge is -2.25. The van der Waals surface area contributed by atoms with E-state index in [0.717, 1.165) is 0 Å². The fourth-order valence-corrected chi connectivity index (χ4v) is 1.32. The Morgan fingerprint density at radius 1 is 1.33 bits per heavy atom. The van der Waals surface area contributed by atoms with Gasteiger partial charge in [0, 0.05) is 6.54 Å². The van der Waals surface area contributed by atoms with Gasteiger partial charge in [0.05, 0.1) is 0 Å². The summed E-state index contributed by atoms with van der Waals surface area (Å²) in [6.45, 7) is 1.68. The summed E-state index contributed by atoms with van der Waals surface area (Å²) < 4.78 is 36.7. The Bertz CT molecular complexity index is 295. The second-order valence-electron chi connectivity index (χ2n) is 3.79. The van der Waals surface area contributed by atoms with E-state index >= 15 is 0 Å². The molecule has 5 nitrogen and oxygen atoms in total. The molecule has 0 aliphatic carbocycles. The maximum atomic E-state index is 12.2. The number of carbonyl (C=O) groups is 2. The molecular weight excluding hydrogens is 253 g/mol. The maximum absolute atomic E-state index is 12.2. The molecule has 2 amide bonds. The summed E-state index contributed by atoms with van der Waals surface area (Å²) >= 11 is 0. The highest BCUT2D eigenvalue weighted by Crippen LogP contribution is 2.16. The van der Waals surface area contributed by atoms with Gasteiger partial charge in [0.15, 0.2) is 0 Å². The van der Waals surface area contributed by atoms with Crippen LogP contribution in [-0.4, -0.2) is 47.3 Å². The lowest BCUT2D eigenvalue weighted by molar-refractivity contribution is -0.141. The van der Waals surface area contributed by atoms with E-state index in [4.69, 9.17) is 5.11 Å². The Morgan fingerprint density at radius 2 is 1.89 bits per heavy atom. The summed E-state index contributed by atoms with van der Waals surface area (Å²) in [5, 5.41) is 10.8. The first-order valence-corrected chi connectivity index (χ1v) is 5.56. The van der Waals surface area contributed by atoms with Gasteiger partial charge in [0.25, 0.3) is 0 Å². The van der Waals surface area contributed by atoms with E-state index < -0.39 is 30.8 Å². The molecule has 0 radical (unpaired) electrons. The van der Waals surface area contributed by atoms with Crippen LogP contribution >= 0.6 is 0 Å². The standard InChI is InChI=1S/C10H17F3N2O3/c1-3-5-15(6-10(11,12)13)9(18)14-7(4-2)8(16)17/h7H,3-6H2,1-2H3,(H,14,18)(H,16,17)/t7-/m0/s1. The zero-order valence-corrected chi connectivity index (χ0v) is 10.3. The Balaban J connectivity index is 4.61. The number of halogens is 3. The van der Waals surface area contributed by atoms with Gasteiger partial charge in [-0.2, -0.15) is 13.2 Å². The van der Waals surface area contributed by atoms with Gasteiger partial charge in [-0.3, -0.25) is 0 Å². The Hall–Kier alpha value is -1.47. The van der Waals surface area contributed by atoms with Crippen LogP contribution in [0.4, 0.5) is 18.0 Å². The van der Waals surface area contributed by atoms with E-state index in [0.29, 0.717) is 11.3 Å². The first-order chi connectivity index (χ1) is 8.21. The molecule has 18 heavy (non-hydrogen) atoms. The summed E-state index contributed by atoms with van der Waals surface area (Å²) in [5.74, 6) is -1.27. The predicted molar refractivity (Wildman–Crippen MR) is 58.2 cm³/mol. The molecule has 0 heterocycles. The Labute approximate surface area is 103 Å². The van der Waals surface area contributed by atoms with Crippen LogP contribution in [0.2, 0.25) is 0 Å². The first-order valence-electron chi connectivity index (χ1n) is 5.56. The number of carboxylic acid groups (broad SMARTS) is 1. The molecule has 0 aromatic carbocycles. The van der Waals surface area contributed by atoms with Crippen molar-refractivity contribution in [3.63, 3.8) is 0 Å². The number of urea groups is 1. The average Bonchev–Trinajstić information content (AvgIpc) is 2.22. The van der Waals surface area contributed by atoms with Crippen LogP contribution in [0.1, 0.15) is 26.7 Å². The molecule has 0 saturated carbocycles. The van der Waals surface area contributed by atoms with E-state index in [2.05, 4.69) is 5.32 Å².